The van der Waals surface area contributed by atoms with Gasteiger partial charge in [-0.1, -0.05) is 31.0 Å². The molecule has 0 fully saturated rings. The van der Waals surface area contributed by atoms with Crippen LogP contribution in [0.1, 0.15) is 31.9 Å². The van der Waals surface area contributed by atoms with Gasteiger partial charge >= 0.3 is 0 Å². The van der Waals surface area contributed by atoms with E-state index in [4.69, 9.17) is 0 Å². The topological polar surface area (TPSA) is 32.3 Å². The first-order chi connectivity index (χ1) is 7.29. The van der Waals surface area contributed by atoms with Gasteiger partial charge in [0.05, 0.1) is 6.54 Å². The molecule has 0 heterocycles. The molecule has 0 aliphatic rings. The minimum absolute atomic E-state index is 0.173. The first kappa shape index (κ1) is 11.6. The van der Waals surface area contributed by atoms with Crippen LogP contribution in [0.15, 0.2) is 24.3 Å². The fourth-order valence-electron chi connectivity index (χ4n) is 1.52. The largest absolute Gasteiger partial charge is 0.508 e. The van der Waals surface area contributed by atoms with Crippen molar-refractivity contribution >= 4 is 0 Å². The summed E-state index contributed by atoms with van der Waals surface area (Å²) in [5.74, 6) is 6.15. The van der Waals surface area contributed by atoms with Gasteiger partial charge in [-0.3, -0.25) is 5.32 Å². The average molecular weight is 203 g/mol. The molecule has 0 bridgehead atoms. The van der Waals surface area contributed by atoms with Crippen LogP contribution >= 0.6 is 0 Å². The molecule has 2 nitrogen and oxygen atoms in total. The number of aromatic hydroxyl groups is 1. The summed E-state index contributed by atoms with van der Waals surface area (Å²) in [6.45, 7) is 4.56. The van der Waals surface area contributed by atoms with Gasteiger partial charge in [0.1, 0.15) is 5.75 Å². The van der Waals surface area contributed by atoms with Gasteiger partial charge in [0.15, 0.2) is 0 Å². The van der Waals surface area contributed by atoms with Crippen molar-refractivity contribution in [2.45, 2.75) is 26.3 Å². The van der Waals surface area contributed by atoms with Crippen LogP contribution in [0.3, 0.4) is 0 Å². The molecule has 0 amide bonds. The fourth-order valence-corrected chi connectivity index (χ4v) is 1.52. The minimum atomic E-state index is 0.173. The van der Waals surface area contributed by atoms with Gasteiger partial charge in [-0.25, -0.2) is 0 Å². The molecule has 1 rings (SSSR count). The van der Waals surface area contributed by atoms with E-state index in [0.717, 1.165) is 12.0 Å². The molecule has 0 aliphatic carbocycles. The molecule has 2 heteroatoms. The number of phenols is 1. The Kier molecular flexibility index (Phi) is 4.73. The first-order valence-corrected chi connectivity index (χ1v) is 5.20. The summed E-state index contributed by atoms with van der Waals surface area (Å²) in [5, 5.41) is 13.0. The third-order valence-corrected chi connectivity index (χ3v) is 2.33. The Morgan fingerprint density at radius 2 is 2.13 bits per heavy atom. The highest BCUT2D eigenvalue weighted by Gasteiger charge is 2.10. The van der Waals surface area contributed by atoms with E-state index in [-0.39, 0.29) is 6.04 Å². The van der Waals surface area contributed by atoms with Crippen molar-refractivity contribution in [2.75, 3.05) is 6.54 Å². The second-order valence-corrected chi connectivity index (χ2v) is 3.33. The summed E-state index contributed by atoms with van der Waals surface area (Å²) in [7, 11) is 0. The third kappa shape index (κ3) is 3.30. The maximum absolute atomic E-state index is 9.69. The molecule has 0 radical (unpaired) electrons. The van der Waals surface area contributed by atoms with Gasteiger partial charge in [-0.05, 0) is 19.4 Å². The van der Waals surface area contributed by atoms with Crippen LogP contribution in [0.2, 0.25) is 0 Å². The van der Waals surface area contributed by atoms with E-state index in [2.05, 4.69) is 24.1 Å². The second-order valence-electron chi connectivity index (χ2n) is 3.33. The quantitative estimate of drug-likeness (QED) is 0.737. The zero-order valence-electron chi connectivity index (χ0n) is 9.25. The lowest BCUT2D eigenvalue weighted by atomic mass is 10.0. The van der Waals surface area contributed by atoms with Crippen molar-refractivity contribution in [1.82, 2.24) is 5.32 Å². The van der Waals surface area contributed by atoms with E-state index >= 15 is 0 Å². The number of hydrogen-bond acceptors (Lipinski definition) is 2. The van der Waals surface area contributed by atoms with Crippen LogP contribution in [0.25, 0.3) is 0 Å². The molecule has 1 unspecified atom stereocenters. The van der Waals surface area contributed by atoms with E-state index < -0.39 is 0 Å². The van der Waals surface area contributed by atoms with E-state index in [0.29, 0.717) is 12.3 Å². The lowest BCUT2D eigenvalue weighted by Gasteiger charge is -2.16. The van der Waals surface area contributed by atoms with Crippen LogP contribution in [-0.4, -0.2) is 11.7 Å². The average Bonchev–Trinajstić information content (AvgIpc) is 2.26. The van der Waals surface area contributed by atoms with Gasteiger partial charge in [0, 0.05) is 11.6 Å². The third-order valence-electron chi connectivity index (χ3n) is 2.33. The molecule has 2 N–H and O–H groups in total. The van der Waals surface area contributed by atoms with E-state index in [1.165, 1.54) is 0 Å². The van der Waals surface area contributed by atoms with Crippen LogP contribution in [0, 0.1) is 11.8 Å². The van der Waals surface area contributed by atoms with Crippen molar-refractivity contribution in [3.63, 3.8) is 0 Å². The van der Waals surface area contributed by atoms with Gasteiger partial charge in [-0.15, -0.1) is 5.92 Å². The summed E-state index contributed by atoms with van der Waals surface area (Å²) in [4.78, 5) is 0. The van der Waals surface area contributed by atoms with Crippen LogP contribution < -0.4 is 5.32 Å². The van der Waals surface area contributed by atoms with E-state index in [9.17, 15) is 5.11 Å². The van der Waals surface area contributed by atoms with Crippen molar-refractivity contribution in [3.8, 4) is 17.6 Å². The van der Waals surface area contributed by atoms with Gasteiger partial charge in [0.25, 0.3) is 0 Å². The predicted octanol–water partition coefficient (Wildman–Crippen LogP) is 2.46. The summed E-state index contributed by atoms with van der Waals surface area (Å²) in [6.07, 6.45) is 0.933. The van der Waals surface area contributed by atoms with E-state index in [1.807, 2.05) is 25.1 Å². The Morgan fingerprint density at radius 3 is 2.73 bits per heavy atom. The standard InChI is InChI=1S/C13H17NO/c1-3-5-10-14-12(4-2)11-8-6-7-9-13(11)15/h6-9,12,14-15H,4,10H2,1-2H3. The summed E-state index contributed by atoms with van der Waals surface area (Å²) >= 11 is 0. The molecular formula is C13H17NO. The fraction of sp³-hybridized carbons (Fsp3) is 0.385. The monoisotopic (exact) mass is 203 g/mol. The number of phenolic OH excluding ortho intramolecular Hbond substituents is 1. The molecule has 0 aliphatic heterocycles. The minimum Gasteiger partial charge on any atom is -0.508 e. The molecule has 80 valence electrons. The van der Waals surface area contributed by atoms with E-state index in [1.54, 1.807) is 6.07 Å². The Hall–Kier alpha value is -1.46. The Bertz CT molecular complexity index is 362. The van der Waals surface area contributed by atoms with Gasteiger partial charge in [-0.2, -0.15) is 0 Å². The highest BCUT2D eigenvalue weighted by molar-refractivity contribution is 5.34. The van der Waals surface area contributed by atoms with Crippen molar-refractivity contribution in [3.05, 3.63) is 29.8 Å². The number of rotatable bonds is 4. The zero-order chi connectivity index (χ0) is 11.1. The molecule has 0 saturated heterocycles. The molecular weight excluding hydrogens is 186 g/mol. The molecule has 1 aromatic rings. The smallest absolute Gasteiger partial charge is 0.120 e. The first-order valence-electron chi connectivity index (χ1n) is 5.20. The van der Waals surface area contributed by atoms with Crippen LogP contribution in [0.5, 0.6) is 5.75 Å². The summed E-state index contributed by atoms with van der Waals surface area (Å²) < 4.78 is 0. The van der Waals surface area contributed by atoms with Crippen molar-refractivity contribution in [1.29, 1.82) is 0 Å². The normalized spacial score (nSPS) is 11.6. The Morgan fingerprint density at radius 1 is 1.40 bits per heavy atom. The number of hydrogen-bond donors (Lipinski definition) is 2. The van der Waals surface area contributed by atoms with Crippen LogP contribution in [-0.2, 0) is 0 Å². The highest BCUT2D eigenvalue weighted by atomic mass is 16.3. The van der Waals surface area contributed by atoms with Crippen molar-refractivity contribution < 1.29 is 5.11 Å². The lowest BCUT2D eigenvalue weighted by molar-refractivity contribution is 0.447. The Labute approximate surface area is 91.3 Å². The molecule has 0 saturated carbocycles. The number of benzene rings is 1. The Balaban J connectivity index is 2.72. The predicted molar refractivity (Wildman–Crippen MR) is 62.6 cm³/mol. The second kappa shape index (κ2) is 6.10. The maximum atomic E-state index is 9.69. The summed E-state index contributed by atoms with van der Waals surface area (Å²) in [6, 6.07) is 7.59. The summed E-state index contributed by atoms with van der Waals surface area (Å²) in [5.41, 5.74) is 0.943. The lowest BCUT2D eigenvalue weighted by Crippen LogP contribution is -2.21. The molecule has 15 heavy (non-hydrogen) atoms. The number of para-hydroxylation sites is 1. The van der Waals surface area contributed by atoms with Crippen molar-refractivity contribution in [2.24, 2.45) is 0 Å². The molecule has 1 aromatic carbocycles. The maximum Gasteiger partial charge on any atom is 0.120 e. The molecule has 0 aromatic heterocycles. The number of nitrogens with one attached hydrogen (secondary N) is 1. The van der Waals surface area contributed by atoms with Crippen LogP contribution in [0.4, 0.5) is 0 Å². The molecule has 1 atom stereocenters. The molecule has 0 spiro atoms. The SMILES string of the molecule is CC#CCNC(CC)c1ccccc1O. The zero-order valence-corrected chi connectivity index (χ0v) is 9.25. The highest BCUT2D eigenvalue weighted by Crippen LogP contribution is 2.25. The van der Waals surface area contributed by atoms with Gasteiger partial charge in [0.2, 0.25) is 0 Å². The van der Waals surface area contributed by atoms with Gasteiger partial charge < -0.3 is 5.11 Å².